The van der Waals surface area contributed by atoms with Crippen molar-refractivity contribution in [3.63, 3.8) is 0 Å². The van der Waals surface area contributed by atoms with E-state index in [0.29, 0.717) is 43.4 Å². The lowest BCUT2D eigenvalue weighted by Crippen LogP contribution is -2.46. The first-order chi connectivity index (χ1) is 12.7. The second-order valence-electron chi connectivity index (χ2n) is 5.90. The summed E-state index contributed by atoms with van der Waals surface area (Å²) in [4.78, 5) is 18.8. The lowest BCUT2D eigenvalue weighted by Gasteiger charge is -2.33. The van der Waals surface area contributed by atoms with E-state index < -0.39 is 6.43 Å². The van der Waals surface area contributed by atoms with Crippen molar-refractivity contribution >= 4 is 11.5 Å². The summed E-state index contributed by atoms with van der Waals surface area (Å²) >= 11 is 0. The number of halogens is 2. The van der Waals surface area contributed by atoms with Crippen LogP contribution >= 0.6 is 0 Å². The maximum atomic E-state index is 13.0. The highest BCUT2D eigenvalue weighted by Gasteiger charge is 2.21. The molecule has 0 amide bonds. The molecular weight excluding hydrogens is 344 g/mol. The van der Waals surface area contributed by atoms with Crippen LogP contribution in [0.4, 0.5) is 14.6 Å². The Morgan fingerprint density at radius 1 is 1.27 bits per heavy atom. The van der Waals surface area contributed by atoms with Gasteiger partial charge in [-0.15, -0.1) is 0 Å². The van der Waals surface area contributed by atoms with E-state index in [9.17, 15) is 8.78 Å². The minimum absolute atomic E-state index is 0.0439. The molecule has 0 saturated carbocycles. The summed E-state index contributed by atoms with van der Waals surface area (Å²) in [6.45, 7) is 2.34. The third-order valence-electron chi connectivity index (χ3n) is 4.24. The summed E-state index contributed by atoms with van der Waals surface area (Å²) in [5.41, 5.74) is 6.34. The summed E-state index contributed by atoms with van der Waals surface area (Å²) in [5.74, 6) is 1.13. The molecule has 1 aliphatic heterocycles. The van der Waals surface area contributed by atoms with Crippen molar-refractivity contribution in [1.82, 2.24) is 24.3 Å². The van der Waals surface area contributed by atoms with E-state index in [0.717, 1.165) is 5.82 Å². The highest BCUT2D eigenvalue weighted by Crippen LogP contribution is 2.23. The number of rotatable bonds is 4. The molecule has 2 N–H and O–H groups in total. The van der Waals surface area contributed by atoms with Gasteiger partial charge in [0, 0.05) is 32.0 Å². The molecule has 8 nitrogen and oxygen atoms in total. The highest BCUT2D eigenvalue weighted by atomic mass is 19.3. The van der Waals surface area contributed by atoms with Crippen LogP contribution in [0.25, 0.3) is 17.2 Å². The fourth-order valence-corrected chi connectivity index (χ4v) is 2.90. The second kappa shape index (κ2) is 6.89. The second-order valence-corrected chi connectivity index (χ2v) is 5.90. The Kier molecular flexibility index (Phi) is 4.43. The van der Waals surface area contributed by atoms with Crippen LogP contribution in [0.3, 0.4) is 0 Å². The molecule has 3 aromatic heterocycles. The minimum Gasteiger partial charge on any atom is -0.373 e. The number of alkyl halides is 2. The summed E-state index contributed by atoms with van der Waals surface area (Å²) in [7, 11) is 0. The number of anilines is 1. The summed E-state index contributed by atoms with van der Waals surface area (Å²) < 4.78 is 33.0. The fraction of sp³-hybridized carbons (Fsp3) is 0.375. The van der Waals surface area contributed by atoms with Gasteiger partial charge in [0.05, 0.1) is 25.1 Å². The van der Waals surface area contributed by atoms with E-state index in [1.54, 1.807) is 18.5 Å². The molecule has 0 aliphatic carbocycles. The summed E-state index contributed by atoms with van der Waals surface area (Å²) in [6, 6.07) is 1.80. The molecule has 1 aliphatic rings. The average Bonchev–Trinajstić information content (AvgIpc) is 3.11. The number of nitrogens with zero attached hydrogens (tertiary/aromatic N) is 6. The first kappa shape index (κ1) is 16.7. The molecule has 136 valence electrons. The molecule has 1 atom stereocenters. The van der Waals surface area contributed by atoms with Gasteiger partial charge in [0.2, 0.25) is 0 Å². The van der Waals surface area contributed by atoms with E-state index in [2.05, 4.69) is 24.8 Å². The van der Waals surface area contributed by atoms with Crippen LogP contribution in [0.5, 0.6) is 0 Å². The van der Waals surface area contributed by atoms with Gasteiger partial charge in [0.25, 0.3) is 6.43 Å². The predicted octanol–water partition coefficient (Wildman–Crippen LogP) is 1.29. The smallest absolute Gasteiger partial charge is 0.281 e. The first-order valence-electron chi connectivity index (χ1n) is 8.17. The molecule has 0 bridgehead atoms. The first-order valence-corrected chi connectivity index (χ1v) is 8.17. The zero-order valence-electron chi connectivity index (χ0n) is 13.8. The number of hydrogen-bond donors (Lipinski definition) is 1. The zero-order chi connectivity index (χ0) is 18.1. The number of morpholine rings is 1. The SMILES string of the molecule is NCC1CN(c2ccnc(-c3cnc4cnc(C(F)F)cn34)n2)CCO1. The number of aromatic nitrogens is 5. The van der Waals surface area contributed by atoms with Crippen LogP contribution in [0.1, 0.15) is 12.1 Å². The third-order valence-corrected chi connectivity index (χ3v) is 4.24. The van der Waals surface area contributed by atoms with Crippen LogP contribution in [-0.2, 0) is 4.74 Å². The van der Waals surface area contributed by atoms with E-state index in [1.807, 2.05) is 0 Å². The highest BCUT2D eigenvalue weighted by molar-refractivity contribution is 5.58. The van der Waals surface area contributed by atoms with Crippen LogP contribution in [0, 0.1) is 0 Å². The Labute approximate surface area is 147 Å². The Morgan fingerprint density at radius 2 is 2.15 bits per heavy atom. The average molecular weight is 361 g/mol. The quantitative estimate of drug-likeness (QED) is 0.748. The van der Waals surface area contributed by atoms with Gasteiger partial charge < -0.3 is 15.4 Å². The topological polar surface area (TPSA) is 94.5 Å². The predicted molar refractivity (Wildman–Crippen MR) is 90.0 cm³/mol. The van der Waals surface area contributed by atoms with Crippen molar-refractivity contribution in [3.8, 4) is 11.5 Å². The molecule has 1 fully saturated rings. The molecule has 1 saturated heterocycles. The van der Waals surface area contributed by atoms with Gasteiger partial charge in [0.15, 0.2) is 11.5 Å². The van der Waals surface area contributed by atoms with Crippen molar-refractivity contribution in [2.75, 3.05) is 31.1 Å². The minimum atomic E-state index is -2.66. The number of hydrogen-bond acceptors (Lipinski definition) is 7. The van der Waals surface area contributed by atoms with Crippen molar-refractivity contribution in [3.05, 3.63) is 36.5 Å². The maximum Gasteiger partial charge on any atom is 0.281 e. The normalized spacial score (nSPS) is 18.0. The molecule has 26 heavy (non-hydrogen) atoms. The Morgan fingerprint density at radius 3 is 2.96 bits per heavy atom. The molecule has 0 spiro atoms. The molecular formula is C16H17F2N7O. The number of nitrogens with two attached hydrogens (primary N) is 1. The van der Waals surface area contributed by atoms with Crippen molar-refractivity contribution in [2.45, 2.75) is 12.5 Å². The lowest BCUT2D eigenvalue weighted by atomic mass is 10.2. The number of fused-ring (bicyclic) bond motifs is 1. The van der Waals surface area contributed by atoms with E-state index in [-0.39, 0.29) is 11.8 Å². The third kappa shape index (κ3) is 3.08. The van der Waals surface area contributed by atoms with Crippen LogP contribution in [0.15, 0.2) is 30.9 Å². The molecule has 3 aromatic rings. The van der Waals surface area contributed by atoms with Crippen LogP contribution < -0.4 is 10.6 Å². The van der Waals surface area contributed by atoms with Gasteiger partial charge in [-0.05, 0) is 6.07 Å². The van der Waals surface area contributed by atoms with Gasteiger partial charge in [-0.3, -0.25) is 4.40 Å². The maximum absolute atomic E-state index is 13.0. The largest absolute Gasteiger partial charge is 0.373 e. The van der Waals surface area contributed by atoms with Gasteiger partial charge in [-0.2, -0.15) is 0 Å². The molecule has 4 rings (SSSR count). The monoisotopic (exact) mass is 361 g/mol. The van der Waals surface area contributed by atoms with Gasteiger partial charge >= 0.3 is 0 Å². The molecule has 0 aromatic carbocycles. The Bertz CT molecular complexity index is 917. The van der Waals surface area contributed by atoms with Crippen molar-refractivity contribution in [1.29, 1.82) is 0 Å². The van der Waals surface area contributed by atoms with Gasteiger partial charge in [-0.1, -0.05) is 0 Å². The Hall–Kier alpha value is -2.72. The van der Waals surface area contributed by atoms with Crippen LogP contribution in [-0.4, -0.2) is 56.7 Å². The van der Waals surface area contributed by atoms with Gasteiger partial charge in [-0.25, -0.2) is 28.7 Å². The summed E-state index contributed by atoms with van der Waals surface area (Å²) in [5, 5.41) is 0. The standard InChI is InChI=1S/C16H17F2N7O/c17-15(18)11-9-25-12(6-22-14(25)7-21-11)16-20-2-1-13(23-16)24-3-4-26-10(5-19)8-24/h1-2,6-7,9-10,15H,3-5,8,19H2. The molecule has 4 heterocycles. The van der Waals surface area contributed by atoms with Crippen molar-refractivity contribution in [2.24, 2.45) is 5.73 Å². The fourth-order valence-electron chi connectivity index (χ4n) is 2.90. The Balaban J connectivity index is 1.70. The number of imidazole rings is 1. The van der Waals surface area contributed by atoms with Crippen molar-refractivity contribution < 1.29 is 13.5 Å². The summed E-state index contributed by atoms with van der Waals surface area (Å²) in [6.07, 6.45) is 3.05. The van der Waals surface area contributed by atoms with E-state index in [1.165, 1.54) is 16.8 Å². The molecule has 0 radical (unpaired) electrons. The van der Waals surface area contributed by atoms with Crippen LogP contribution in [0.2, 0.25) is 0 Å². The zero-order valence-corrected chi connectivity index (χ0v) is 13.8. The lowest BCUT2D eigenvalue weighted by molar-refractivity contribution is 0.0463. The van der Waals surface area contributed by atoms with Gasteiger partial charge in [0.1, 0.15) is 17.2 Å². The van der Waals surface area contributed by atoms with E-state index >= 15 is 0 Å². The molecule has 1 unspecified atom stereocenters. The molecule has 10 heteroatoms. The number of ether oxygens (including phenoxy) is 1. The van der Waals surface area contributed by atoms with E-state index in [4.69, 9.17) is 10.5 Å².